The van der Waals surface area contributed by atoms with Crippen molar-refractivity contribution in [1.29, 1.82) is 0 Å². The lowest BCUT2D eigenvalue weighted by Gasteiger charge is -2.24. The Kier molecular flexibility index (Phi) is 6.53. The van der Waals surface area contributed by atoms with Crippen molar-refractivity contribution in [3.63, 3.8) is 0 Å². The zero-order valence-electron chi connectivity index (χ0n) is 15.5. The summed E-state index contributed by atoms with van der Waals surface area (Å²) in [5.41, 5.74) is -2.83. The molecule has 0 aromatic heterocycles. The molecule has 0 saturated carbocycles. The van der Waals surface area contributed by atoms with Crippen LogP contribution in [-0.2, 0) is 23.7 Å². The molecule has 0 aliphatic carbocycles. The minimum absolute atomic E-state index is 0.123. The molecule has 2 aromatic carbocycles. The maximum absolute atomic E-state index is 13.7. The smallest absolute Gasteiger partial charge is 0.376 e. The second kappa shape index (κ2) is 8.75. The molecule has 1 aliphatic rings. The van der Waals surface area contributed by atoms with Crippen LogP contribution < -0.4 is 5.32 Å². The van der Waals surface area contributed by atoms with Crippen molar-refractivity contribution in [2.75, 3.05) is 19.7 Å². The van der Waals surface area contributed by atoms with Gasteiger partial charge in [-0.2, -0.15) is 26.3 Å². The first-order valence-corrected chi connectivity index (χ1v) is 9.31. The first-order chi connectivity index (χ1) is 13.7. The molecular weight excluding hydrogens is 396 g/mol. The summed E-state index contributed by atoms with van der Waals surface area (Å²) >= 11 is 0. The van der Waals surface area contributed by atoms with E-state index in [4.69, 9.17) is 4.74 Å². The number of rotatable bonds is 5. The van der Waals surface area contributed by atoms with Gasteiger partial charge in [0.1, 0.15) is 0 Å². The standard InChI is InChI=1S/C21H21F6NO/c22-20(23,24)17-9-16(13-29-12-14-5-4-8-28-11-14)19(15-6-2-1-3-7-15)18(10-17)21(25,26)27/h1-3,6-7,9-10,14,28H,4-5,8,11-13H2. The van der Waals surface area contributed by atoms with Crippen molar-refractivity contribution in [2.45, 2.75) is 31.8 Å². The van der Waals surface area contributed by atoms with Gasteiger partial charge in [0.25, 0.3) is 0 Å². The normalized spacial score (nSPS) is 18.1. The summed E-state index contributed by atoms with van der Waals surface area (Å²) in [4.78, 5) is 0. The highest BCUT2D eigenvalue weighted by molar-refractivity contribution is 5.72. The number of nitrogens with one attached hydrogen (secondary N) is 1. The van der Waals surface area contributed by atoms with Gasteiger partial charge in [0.05, 0.1) is 24.3 Å². The number of halogens is 6. The lowest BCUT2D eigenvalue weighted by atomic mass is 9.91. The summed E-state index contributed by atoms with van der Waals surface area (Å²) in [5.74, 6) is 0.191. The molecular formula is C21H21F6NO. The number of alkyl halides is 6. The summed E-state index contributed by atoms with van der Waals surface area (Å²) in [5, 5.41) is 3.20. The molecule has 158 valence electrons. The highest BCUT2D eigenvalue weighted by atomic mass is 19.4. The van der Waals surface area contributed by atoms with Gasteiger partial charge in [-0.25, -0.2) is 0 Å². The molecule has 1 fully saturated rings. The van der Waals surface area contributed by atoms with E-state index in [9.17, 15) is 26.3 Å². The van der Waals surface area contributed by atoms with E-state index in [0.29, 0.717) is 0 Å². The molecule has 1 aliphatic heterocycles. The minimum Gasteiger partial charge on any atom is -0.376 e. The van der Waals surface area contributed by atoms with Crippen molar-refractivity contribution < 1.29 is 31.1 Å². The molecule has 0 bridgehead atoms. The third-order valence-electron chi connectivity index (χ3n) is 4.93. The highest BCUT2D eigenvalue weighted by Gasteiger charge is 2.39. The first-order valence-electron chi connectivity index (χ1n) is 9.31. The van der Waals surface area contributed by atoms with Crippen LogP contribution in [0.5, 0.6) is 0 Å². The van der Waals surface area contributed by atoms with Gasteiger partial charge in [-0.1, -0.05) is 30.3 Å². The predicted molar refractivity (Wildman–Crippen MR) is 97.1 cm³/mol. The number of hydrogen-bond donors (Lipinski definition) is 1. The summed E-state index contributed by atoms with van der Waals surface area (Å²) in [6, 6.07) is 8.57. The molecule has 1 heterocycles. The fourth-order valence-electron chi connectivity index (χ4n) is 3.55. The zero-order chi connectivity index (χ0) is 21.1. The van der Waals surface area contributed by atoms with Crippen LogP contribution >= 0.6 is 0 Å². The molecule has 2 aromatic rings. The van der Waals surface area contributed by atoms with Gasteiger partial charge >= 0.3 is 12.4 Å². The number of ether oxygens (including phenoxy) is 1. The Labute approximate surface area is 164 Å². The van der Waals surface area contributed by atoms with Gasteiger partial charge in [-0.15, -0.1) is 0 Å². The van der Waals surface area contributed by atoms with Crippen molar-refractivity contribution in [3.05, 3.63) is 59.2 Å². The molecule has 1 saturated heterocycles. The maximum Gasteiger partial charge on any atom is 0.417 e. The average Bonchev–Trinajstić information content (AvgIpc) is 2.67. The van der Waals surface area contributed by atoms with Crippen molar-refractivity contribution in [1.82, 2.24) is 5.32 Å². The Balaban J connectivity index is 2.00. The van der Waals surface area contributed by atoms with Crippen LogP contribution in [0, 0.1) is 5.92 Å². The molecule has 1 unspecified atom stereocenters. The zero-order valence-corrected chi connectivity index (χ0v) is 15.5. The molecule has 8 heteroatoms. The van der Waals surface area contributed by atoms with E-state index in [-0.39, 0.29) is 41.9 Å². The molecule has 0 spiro atoms. The SMILES string of the molecule is FC(F)(F)c1cc(COCC2CCCNC2)c(-c2ccccc2)c(C(F)(F)F)c1. The third-order valence-corrected chi connectivity index (χ3v) is 4.93. The van der Waals surface area contributed by atoms with E-state index in [2.05, 4.69) is 5.32 Å². The molecule has 3 rings (SSSR count). The average molecular weight is 417 g/mol. The molecule has 29 heavy (non-hydrogen) atoms. The largest absolute Gasteiger partial charge is 0.417 e. The molecule has 1 N–H and O–H groups in total. The molecule has 0 amide bonds. The number of hydrogen-bond acceptors (Lipinski definition) is 2. The van der Waals surface area contributed by atoms with Crippen LogP contribution in [0.4, 0.5) is 26.3 Å². The van der Waals surface area contributed by atoms with Crippen LogP contribution in [0.25, 0.3) is 11.1 Å². The number of benzene rings is 2. The quantitative estimate of drug-likeness (QED) is 0.611. The van der Waals surface area contributed by atoms with Crippen molar-refractivity contribution in [2.24, 2.45) is 5.92 Å². The maximum atomic E-state index is 13.7. The van der Waals surface area contributed by atoms with Crippen molar-refractivity contribution >= 4 is 0 Å². The first kappa shape index (κ1) is 21.6. The molecule has 2 nitrogen and oxygen atoms in total. The Morgan fingerprint density at radius 1 is 0.966 bits per heavy atom. The van der Waals surface area contributed by atoms with E-state index in [1.54, 1.807) is 18.2 Å². The Morgan fingerprint density at radius 2 is 1.69 bits per heavy atom. The van der Waals surface area contributed by atoms with Gasteiger partial charge in [0.15, 0.2) is 0 Å². The molecule has 0 radical (unpaired) electrons. The Morgan fingerprint density at radius 3 is 2.28 bits per heavy atom. The van der Waals surface area contributed by atoms with Gasteiger partial charge in [-0.3, -0.25) is 0 Å². The second-order valence-electron chi connectivity index (χ2n) is 7.15. The topological polar surface area (TPSA) is 21.3 Å². The van der Waals surface area contributed by atoms with Crippen molar-refractivity contribution in [3.8, 4) is 11.1 Å². The monoisotopic (exact) mass is 417 g/mol. The van der Waals surface area contributed by atoms with Crippen LogP contribution in [0.15, 0.2) is 42.5 Å². The second-order valence-corrected chi connectivity index (χ2v) is 7.15. The van der Waals surface area contributed by atoms with E-state index in [0.717, 1.165) is 32.0 Å². The highest BCUT2D eigenvalue weighted by Crippen LogP contribution is 2.43. The van der Waals surface area contributed by atoms with E-state index >= 15 is 0 Å². The summed E-state index contributed by atoms with van der Waals surface area (Å²) < 4.78 is 86.4. The van der Waals surface area contributed by atoms with Gasteiger partial charge in [0, 0.05) is 6.54 Å². The van der Waals surface area contributed by atoms with E-state index in [1.165, 1.54) is 12.1 Å². The predicted octanol–water partition coefficient (Wildman–Crippen LogP) is 5.91. The Hall–Kier alpha value is -2.06. The summed E-state index contributed by atoms with van der Waals surface area (Å²) in [6.45, 7) is 1.58. The van der Waals surface area contributed by atoms with E-state index in [1.807, 2.05) is 0 Å². The van der Waals surface area contributed by atoms with Gasteiger partial charge in [-0.05, 0) is 54.1 Å². The van der Waals surface area contributed by atoms with Crippen LogP contribution in [0.1, 0.15) is 29.5 Å². The van der Waals surface area contributed by atoms with Gasteiger partial charge < -0.3 is 10.1 Å². The fourth-order valence-corrected chi connectivity index (χ4v) is 3.55. The minimum atomic E-state index is -4.94. The summed E-state index contributed by atoms with van der Waals surface area (Å²) in [7, 11) is 0. The Bertz CT molecular complexity index is 810. The van der Waals surface area contributed by atoms with Crippen LogP contribution in [0.3, 0.4) is 0 Å². The third kappa shape index (κ3) is 5.51. The number of piperidine rings is 1. The lowest BCUT2D eigenvalue weighted by Crippen LogP contribution is -2.32. The lowest BCUT2D eigenvalue weighted by molar-refractivity contribution is -0.142. The molecule has 1 atom stereocenters. The van der Waals surface area contributed by atoms with E-state index < -0.39 is 23.5 Å². The van der Waals surface area contributed by atoms with Crippen LogP contribution in [-0.4, -0.2) is 19.7 Å². The van der Waals surface area contributed by atoms with Crippen LogP contribution in [0.2, 0.25) is 0 Å². The van der Waals surface area contributed by atoms with Gasteiger partial charge in [0.2, 0.25) is 0 Å². The summed E-state index contributed by atoms with van der Waals surface area (Å²) in [6.07, 6.45) is -7.95. The fraction of sp³-hybridized carbons (Fsp3) is 0.429.